The molecule has 3 rings (SSSR count). The van der Waals surface area contributed by atoms with Gasteiger partial charge >= 0.3 is 5.97 Å². The van der Waals surface area contributed by atoms with Crippen molar-refractivity contribution in [2.24, 2.45) is 0 Å². The smallest absolute Gasteiger partial charge is 0.343 e. The van der Waals surface area contributed by atoms with Gasteiger partial charge in [0.15, 0.2) is 0 Å². The maximum absolute atomic E-state index is 12.3. The Balaban J connectivity index is 1.94. The predicted octanol–water partition coefficient (Wildman–Crippen LogP) is 5.89. The number of aryl methyl sites for hydroxylation is 1. The predicted molar refractivity (Wildman–Crippen MR) is 95.5 cm³/mol. The van der Waals surface area contributed by atoms with Crippen molar-refractivity contribution in [3.63, 3.8) is 0 Å². The van der Waals surface area contributed by atoms with E-state index in [1.54, 1.807) is 18.2 Å². The summed E-state index contributed by atoms with van der Waals surface area (Å²) in [6.45, 7) is 1.97. The summed E-state index contributed by atoms with van der Waals surface area (Å²) in [5.74, 6) is 0.136. The Morgan fingerprint density at radius 3 is 2.55 bits per heavy atom. The van der Waals surface area contributed by atoms with Crippen molar-refractivity contribution in [1.29, 1.82) is 0 Å². The lowest BCUT2D eigenvalue weighted by atomic mass is 10.1. The summed E-state index contributed by atoms with van der Waals surface area (Å²) in [6.07, 6.45) is 0. The number of benzene rings is 3. The van der Waals surface area contributed by atoms with Crippen LogP contribution in [0.4, 0.5) is 0 Å². The molecule has 0 heterocycles. The lowest BCUT2D eigenvalue weighted by molar-refractivity contribution is 0.0734. The van der Waals surface area contributed by atoms with Crippen LogP contribution in [0.25, 0.3) is 10.8 Å². The van der Waals surface area contributed by atoms with Crippen molar-refractivity contribution in [2.45, 2.75) is 6.92 Å². The van der Waals surface area contributed by atoms with Crippen LogP contribution in [0.15, 0.2) is 63.5 Å². The zero-order valence-corrected chi connectivity index (χ0v) is 14.9. The van der Waals surface area contributed by atoms with Crippen LogP contribution in [-0.2, 0) is 0 Å². The summed E-state index contributed by atoms with van der Waals surface area (Å²) >= 11 is 6.95. The van der Waals surface area contributed by atoms with Crippen LogP contribution in [-0.4, -0.2) is 5.97 Å². The van der Waals surface area contributed by atoms with Gasteiger partial charge in [-0.3, -0.25) is 0 Å². The van der Waals surface area contributed by atoms with E-state index in [1.165, 1.54) is 0 Å². The van der Waals surface area contributed by atoms with E-state index in [2.05, 4.69) is 31.9 Å². The van der Waals surface area contributed by atoms with Crippen LogP contribution in [0.5, 0.6) is 5.75 Å². The number of carbonyl (C=O) groups is 1. The zero-order valence-electron chi connectivity index (χ0n) is 11.8. The standard InChI is InChI=1S/C18H12Br2O2/c1-11-6-7-13(10-15(11)19)18(21)22-16-9-8-12-4-2-3-5-14(12)17(16)20/h2-10H,1H3. The highest BCUT2D eigenvalue weighted by Gasteiger charge is 2.13. The number of hydrogen-bond acceptors (Lipinski definition) is 2. The Labute approximate surface area is 145 Å². The van der Waals surface area contributed by atoms with E-state index < -0.39 is 0 Å². The normalized spacial score (nSPS) is 10.7. The first-order chi connectivity index (χ1) is 10.6. The van der Waals surface area contributed by atoms with Gasteiger partial charge in [0.1, 0.15) is 5.75 Å². The van der Waals surface area contributed by atoms with Crippen LogP contribution in [0.1, 0.15) is 15.9 Å². The molecule has 0 amide bonds. The van der Waals surface area contributed by atoms with Crippen molar-refractivity contribution >= 4 is 48.6 Å². The van der Waals surface area contributed by atoms with Crippen LogP contribution < -0.4 is 4.74 Å². The Morgan fingerprint density at radius 2 is 1.77 bits per heavy atom. The van der Waals surface area contributed by atoms with Gasteiger partial charge < -0.3 is 4.74 Å². The number of carbonyl (C=O) groups excluding carboxylic acids is 1. The van der Waals surface area contributed by atoms with Crippen LogP contribution >= 0.6 is 31.9 Å². The van der Waals surface area contributed by atoms with Crippen molar-refractivity contribution in [1.82, 2.24) is 0 Å². The van der Waals surface area contributed by atoms with Gasteiger partial charge in [-0.2, -0.15) is 0 Å². The SMILES string of the molecule is Cc1ccc(C(=O)Oc2ccc3ccccc3c2Br)cc1Br. The van der Waals surface area contributed by atoms with Gasteiger partial charge in [0.05, 0.1) is 10.0 Å². The van der Waals surface area contributed by atoms with E-state index in [-0.39, 0.29) is 5.97 Å². The largest absolute Gasteiger partial charge is 0.422 e. The summed E-state index contributed by atoms with van der Waals surface area (Å²) in [5.41, 5.74) is 1.58. The minimum atomic E-state index is -0.378. The molecule has 0 spiro atoms. The van der Waals surface area contributed by atoms with Gasteiger partial charge in [0, 0.05) is 4.47 Å². The molecule has 0 unspecified atom stereocenters. The number of rotatable bonds is 2. The maximum atomic E-state index is 12.3. The Hall–Kier alpha value is -1.65. The average molecular weight is 420 g/mol. The Bertz CT molecular complexity index is 872. The van der Waals surface area contributed by atoms with Gasteiger partial charge in [0.25, 0.3) is 0 Å². The first-order valence-corrected chi connectivity index (χ1v) is 8.30. The molecule has 0 aromatic heterocycles. The van der Waals surface area contributed by atoms with Crippen molar-refractivity contribution in [3.05, 3.63) is 74.7 Å². The lowest BCUT2D eigenvalue weighted by Gasteiger charge is -2.09. The highest BCUT2D eigenvalue weighted by molar-refractivity contribution is 9.11. The molecule has 22 heavy (non-hydrogen) atoms. The summed E-state index contributed by atoms with van der Waals surface area (Å²) in [7, 11) is 0. The molecule has 2 nitrogen and oxygen atoms in total. The first kappa shape index (κ1) is 15.3. The molecule has 0 aliphatic rings. The topological polar surface area (TPSA) is 26.3 Å². The van der Waals surface area contributed by atoms with Crippen molar-refractivity contribution in [2.75, 3.05) is 0 Å². The van der Waals surface area contributed by atoms with Crippen LogP contribution in [0, 0.1) is 6.92 Å². The number of esters is 1. The third kappa shape index (κ3) is 2.94. The van der Waals surface area contributed by atoms with E-state index in [9.17, 15) is 4.79 Å². The lowest BCUT2D eigenvalue weighted by Crippen LogP contribution is -2.09. The van der Waals surface area contributed by atoms with Gasteiger partial charge in [-0.15, -0.1) is 0 Å². The number of hydrogen-bond donors (Lipinski definition) is 0. The molecule has 0 fully saturated rings. The minimum Gasteiger partial charge on any atom is -0.422 e. The first-order valence-electron chi connectivity index (χ1n) is 6.72. The van der Waals surface area contributed by atoms with Crippen LogP contribution in [0.3, 0.4) is 0 Å². The molecule has 0 aliphatic heterocycles. The molecule has 3 aromatic rings. The number of ether oxygens (including phenoxy) is 1. The molecule has 0 saturated heterocycles. The highest BCUT2D eigenvalue weighted by Crippen LogP contribution is 2.33. The quantitative estimate of drug-likeness (QED) is 0.382. The fraction of sp³-hybridized carbons (Fsp3) is 0.0556. The molecular weight excluding hydrogens is 408 g/mol. The van der Waals surface area contributed by atoms with Gasteiger partial charge in [-0.1, -0.05) is 52.3 Å². The molecule has 3 aromatic carbocycles. The second kappa shape index (κ2) is 6.23. The number of fused-ring (bicyclic) bond motifs is 1. The third-order valence-corrected chi connectivity index (χ3v) is 5.11. The van der Waals surface area contributed by atoms with Gasteiger partial charge in [-0.25, -0.2) is 4.79 Å². The molecule has 0 radical (unpaired) electrons. The molecule has 0 bridgehead atoms. The van der Waals surface area contributed by atoms with E-state index in [1.807, 2.05) is 43.3 Å². The summed E-state index contributed by atoms with van der Waals surface area (Å²) in [4.78, 5) is 12.3. The third-order valence-electron chi connectivity index (χ3n) is 3.44. The second-order valence-electron chi connectivity index (χ2n) is 4.95. The maximum Gasteiger partial charge on any atom is 0.343 e. The zero-order chi connectivity index (χ0) is 15.7. The van der Waals surface area contributed by atoms with E-state index in [0.717, 1.165) is 25.3 Å². The molecule has 0 aliphatic carbocycles. The van der Waals surface area contributed by atoms with Crippen LogP contribution in [0.2, 0.25) is 0 Å². The molecule has 0 saturated carbocycles. The molecule has 110 valence electrons. The van der Waals surface area contributed by atoms with E-state index >= 15 is 0 Å². The summed E-state index contributed by atoms with van der Waals surface area (Å²) < 4.78 is 7.20. The molecule has 0 N–H and O–H groups in total. The molecule has 4 heteroatoms. The average Bonchev–Trinajstić information content (AvgIpc) is 2.53. The Morgan fingerprint density at radius 1 is 1.00 bits per heavy atom. The highest BCUT2D eigenvalue weighted by atomic mass is 79.9. The summed E-state index contributed by atoms with van der Waals surface area (Å²) in [6, 6.07) is 17.1. The van der Waals surface area contributed by atoms with E-state index in [4.69, 9.17) is 4.74 Å². The van der Waals surface area contributed by atoms with E-state index in [0.29, 0.717) is 11.3 Å². The minimum absolute atomic E-state index is 0.378. The molecule has 0 atom stereocenters. The second-order valence-corrected chi connectivity index (χ2v) is 6.60. The van der Waals surface area contributed by atoms with Crippen molar-refractivity contribution in [3.8, 4) is 5.75 Å². The van der Waals surface area contributed by atoms with Gasteiger partial charge in [0.2, 0.25) is 0 Å². The fourth-order valence-corrected chi connectivity index (χ4v) is 3.12. The monoisotopic (exact) mass is 418 g/mol. The molecular formula is C18H12Br2O2. The fourth-order valence-electron chi connectivity index (χ4n) is 2.17. The summed E-state index contributed by atoms with van der Waals surface area (Å²) in [5, 5.41) is 2.10. The number of halogens is 2. The van der Waals surface area contributed by atoms with Crippen molar-refractivity contribution < 1.29 is 9.53 Å². The Kier molecular flexibility index (Phi) is 4.32. The van der Waals surface area contributed by atoms with Gasteiger partial charge in [-0.05, 0) is 57.4 Å².